The smallest absolute Gasteiger partial charge is 0.417 e. The summed E-state index contributed by atoms with van der Waals surface area (Å²) in [6.07, 6.45) is -3.50. The molecule has 0 saturated carbocycles. The number of hydrogen-bond donors (Lipinski definition) is 0. The first kappa shape index (κ1) is 16.2. The van der Waals surface area contributed by atoms with Gasteiger partial charge < -0.3 is 4.74 Å². The second-order valence-electron chi connectivity index (χ2n) is 4.14. The molecule has 0 radical (unpaired) electrons. The van der Waals surface area contributed by atoms with Gasteiger partial charge in [0, 0.05) is 11.9 Å². The fraction of sp³-hybridized carbons (Fsp3) is 0.214. The van der Waals surface area contributed by atoms with Crippen LogP contribution in [0.2, 0.25) is 0 Å². The lowest BCUT2D eigenvalue weighted by Crippen LogP contribution is -2.05. The van der Waals surface area contributed by atoms with Crippen molar-refractivity contribution in [3.05, 3.63) is 52.1 Å². The van der Waals surface area contributed by atoms with E-state index in [9.17, 15) is 13.2 Å². The Morgan fingerprint density at radius 2 is 2.00 bits per heavy atom. The van der Waals surface area contributed by atoms with Crippen molar-refractivity contribution in [2.45, 2.75) is 17.0 Å². The monoisotopic (exact) mass is 377 g/mol. The normalized spacial score (nSPS) is 11.5. The molecule has 0 spiro atoms. The zero-order valence-electron chi connectivity index (χ0n) is 10.9. The molecular weight excluding hydrogens is 367 g/mol. The van der Waals surface area contributed by atoms with Gasteiger partial charge in [0.25, 0.3) is 0 Å². The van der Waals surface area contributed by atoms with Crippen LogP contribution in [0.25, 0.3) is 0 Å². The van der Waals surface area contributed by atoms with Gasteiger partial charge in [-0.05, 0) is 45.8 Å². The van der Waals surface area contributed by atoms with Gasteiger partial charge in [0.1, 0.15) is 5.75 Å². The van der Waals surface area contributed by atoms with Crippen LogP contribution in [0, 0.1) is 0 Å². The Kier molecular flexibility index (Phi) is 5.16. The molecule has 2 rings (SSSR count). The van der Waals surface area contributed by atoms with Crippen LogP contribution in [0.4, 0.5) is 13.2 Å². The molecule has 1 heterocycles. The van der Waals surface area contributed by atoms with Crippen LogP contribution in [0.15, 0.2) is 46.0 Å². The quantitative estimate of drug-likeness (QED) is 0.686. The molecule has 7 heteroatoms. The molecular formula is C14H11BrF3NOS. The van der Waals surface area contributed by atoms with E-state index in [0.717, 1.165) is 28.0 Å². The molecule has 1 aromatic heterocycles. The van der Waals surface area contributed by atoms with Crippen LogP contribution < -0.4 is 4.74 Å². The Bertz CT molecular complexity index is 617. The third kappa shape index (κ3) is 4.38. The number of ether oxygens (including phenoxy) is 1. The van der Waals surface area contributed by atoms with E-state index in [1.165, 1.54) is 17.8 Å². The summed E-state index contributed by atoms with van der Waals surface area (Å²) in [5.41, 5.74) is 0.286. The molecule has 0 amide bonds. The highest BCUT2D eigenvalue weighted by atomic mass is 79.9. The van der Waals surface area contributed by atoms with E-state index in [-0.39, 0.29) is 0 Å². The number of alkyl halides is 3. The molecule has 0 bridgehead atoms. The van der Waals surface area contributed by atoms with Crippen molar-refractivity contribution in [2.75, 3.05) is 7.11 Å². The van der Waals surface area contributed by atoms with Gasteiger partial charge >= 0.3 is 6.18 Å². The number of pyridine rings is 1. The molecule has 0 fully saturated rings. The van der Waals surface area contributed by atoms with Crippen molar-refractivity contribution >= 4 is 27.7 Å². The van der Waals surface area contributed by atoms with Crippen LogP contribution in [0.3, 0.4) is 0 Å². The van der Waals surface area contributed by atoms with E-state index in [2.05, 4.69) is 20.9 Å². The van der Waals surface area contributed by atoms with Gasteiger partial charge in [0.05, 0.1) is 22.2 Å². The highest BCUT2D eigenvalue weighted by Gasteiger charge is 2.30. The molecule has 0 atom stereocenters. The molecule has 0 N–H and O–H groups in total. The molecule has 0 unspecified atom stereocenters. The van der Waals surface area contributed by atoms with Crippen molar-refractivity contribution in [3.8, 4) is 5.75 Å². The Morgan fingerprint density at radius 1 is 1.24 bits per heavy atom. The molecule has 0 saturated heterocycles. The Morgan fingerprint density at radius 3 is 2.52 bits per heavy atom. The molecule has 0 aliphatic rings. The summed E-state index contributed by atoms with van der Waals surface area (Å²) in [7, 11) is 1.58. The zero-order valence-corrected chi connectivity index (χ0v) is 13.3. The van der Waals surface area contributed by atoms with Crippen molar-refractivity contribution < 1.29 is 17.9 Å². The largest absolute Gasteiger partial charge is 0.496 e. The molecule has 0 aliphatic heterocycles. The molecule has 2 aromatic rings. The van der Waals surface area contributed by atoms with Gasteiger partial charge in [-0.3, -0.25) is 0 Å². The topological polar surface area (TPSA) is 22.1 Å². The molecule has 21 heavy (non-hydrogen) atoms. The summed E-state index contributed by atoms with van der Waals surface area (Å²) in [4.78, 5) is 3.82. The number of nitrogens with zero attached hydrogens (tertiary/aromatic N) is 1. The van der Waals surface area contributed by atoms with Crippen molar-refractivity contribution in [2.24, 2.45) is 0 Å². The first-order chi connectivity index (χ1) is 9.90. The third-order valence-corrected chi connectivity index (χ3v) is 4.30. The first-order valence-corrected chi connectivity index (χ1v) is 7.66. The van der Waals surface area contributed by atoms with Gasteiger partial charge in [-0.1, -0.05) is 6.07 Å². The summed E-state index contributed by atoms with van der Waals surface area (Å²) >= 11 is 4.76. The van der Waals surface area contributed by atoms with Crippen molar-refractivity contribution in [1.29, 1.82) is 0 Å². The average molecular weight is 378 g/mol. The second-order valence-corrected chi connectivity index (χ2v) is 5.99. The number of methoxy groups -OCH3 is 1. The van der Waals surface area contributed by atoms with Crippen LogP contribution in [0.1, 0.15) is 11.1 Å². The van der Waals surface area contributed by atoms with E-state index < -0.39 is 11.7 Å². The minimum atomic E-state index is -4.35. The highest BCUT2D eigenvalue weighted by molar-refractivity contribution is 9.10. The third-order valence-electron chi connectivity index (χ3n) is 2.67. The molecule has 2 nitrogen and oxygen atoms in total. The number of rotatable bonds is 4. The first-order valence-electron chi connectivity index (χ1n) is 5.88. The maximum Gasteiger partial charge on any atom is 0.417 e. The summed E-state index contributed by atoms with van der Waals surface area (Å²) in [5, 5.41) is 0.551. The number of benzene rings is 1. The van der Waals surface area contributed by atoms with Crippen molar-refractivity contribution in [3.63, 3.8) is 0 Å². The van der Waals surface area contributed by atoms with Gasteiger partial charge in [0.15, 0.2) is 0 Å². The van der Waals surface area contributed by atoms with E-state index in [0.29, 0.717) is 10.8 Å². The van der Waals surface area contributed by atoms with E-state index in [1.54, 1.807) is 7.11 Å². The summed E-state index contributed by atoms with van der Waals surface area (Å²) < 4.78 is 43.2. The lowest BCUT2D eigenvalue weighted by Gasteiger charge is -2.08. The summed E-state index contributed by atoms with van der Waals surface area (Å²) in [6.45, 7) is 0. The van der Waals surface area contributed by atoms with Crippen molar-refractivity contribution in [1.82, 2.24) is 4.98 Å². The molecule has 112 valence electrons. The van der Waals surface area contributed by atoms with Crippen LogP contribution in [-0.4, -0.2) is 12.1 Å². The molecule has 1 aromatic carbocycles. The fourth-order valence-electron chi connectivity index (χ4n) is 1.59. The lowest BCUT2D eigenvalue weighted by atomic mass is 10.2. The summed E-state index contributed by atoms with van der Waals surface area (Å²) in [5.74, 6) is 1.34. The highest BCUT2D eigenvalue weighted by Crippen LogP contribution is 2.31. The standard InChI is InChI=1S/C14H11BrF3NOS/c1-20-12-4-2-9(6-11(12)15)8-21-13-5-3-10(7-19-13)14(16,17)18/h2-7H,8H2,1H3. The number of halogens is 4. The zero-order chi connectivity index (χ0) is 15.5. The van der Waals surface area contributed by atoms with Gasteiger partial charge in [-0.15, -0.1) is 11.8 Å². The predicted octanol–water partition coefficient (Wildman–Crippen LogP) is 5.16. The van der Waals surface area contributed by atoms with Crippen LogP contribution >= 0.6 is 27.7 Å². The van der Waals surface area contributed by atoms with Gasteiger partial charge in [-0.25, -0.2) is 4.98 Å². The van der Waals surface area contributed by atoms with E-state index in [4.69, 9.17) is 4.74 Å². The SMILES string of the molecule is COc1ccc(CSc2ccc(C(F)(F)F)cn2)cc1Br. The second kappa shape index (κ2) is 6.70. The van der Waals surface area contributed by atoms with Crippen LogP contribution in [0.5, 0.6) is 5.75 Å². The Balaban J connectivity index is 2.01. The number of hydrogen-bond acceptors (Lipinski definition) is 3. The predicted molar refractivity (Wildman–Crippen MR) is 79.5 cm³/mol. The molecule has 0 aliphatic carbocycles. The Labute approximate surface area is 132 Å². The maximum absolute atomic E-state index is 12.4. The summed E-state index contributed by atoms with van der Waals surface area (Å²) in [6, 6.07) is 8.07. The van der Waals surface area contributed by atoms with E-state index in [1.807, 2.05) is 18.2 Å². The average Bonchev–Trinajstić information content (AvgIpc) is 2.45. The van der Waals surface area contributed by atoms with Gasteiger partial charge in [-0.2, -0.15) is 13.2 Å². The number of thioether (sulfide) groups is 1. The van der Waals surface area contributed by atoms with Crippen LogP contribution in [-0.2, 0) is 11.9 Å². The number of aromatic nitrogens is 1. The fourth-order valence-corrected chi connectivity index (χ4v) is 2.96. The van der Waals surface area contributed by atoms with Gasteiger partial charge in [0.2, 0.25) is 0 Å². The maximum atomic E-state index is 12.4. The minimum Gasteiger partial charge on any atom is -0.496 e. The minimum absolute atomic E-state index is 0.551. The van der Waals surface area contributed by atoms with E-state index >= 15 is 0 Å². The lowest BCUT2D eigenvalue weighted by molar-refractivity contribution is -0.137. The Hall–Kier alpha value is -1.21.